The Labute approximate surface area is 118 Å². The highest BCUT2D eigenvalue weighted by Crippen LogP contribution is 2.11. The molecule has 3 N–H and O–H groups in total. The van der Waals surface area contributed by atoms with E-state index in [4.69, 9.17) is 5.84 Å². The summed E-state index contributed by atoms with van der Waals surface area (Å²) in [6.45, 7) is 5.61. The van der Waals surface area contributed by atoms with Gasteiger partial charge in [0.1, 0.15) is 0 Å². The molecular formula is C14H20N4O2. The number of amides is 2. The van der Waals surface area contributed by atoms with E-state index in [9.17, 15) is 9.59 Å². The van der Waals surface area contributed by atoms with Crippen molar-refractivity contribution in [2.45, 2.75) is 13.5 Å². The van der Waals surface area contributed by atoms with Gasteiger partial charge in [0.25, 0.3) is 5.91 Å². The summed E-state index contributed by atoms with van der Waals surface area (Å²) in [5.74, 6) is 4.98. The van der Waals surface area contributed by atoms with Crippen LogP contribution in [0.1, 0.15) is 22.8 Å². The minimum atomic E-state index is -0.284. The lowest BCUT2D eigenvalue weighted by Gasteiger charge is -2.34. The van der Waals surface area contributed by atoms with E-state index in [1.54, 1.807) is 13.0 Å². The number of hydrogen-bond acceptors (Lipinski definition) is 4. The Morgan fingerprint density at radius 1 is 1.25 bits per heavy atom. The van der Waals surface area contributed by atoms with Crippen LogP contribution in [0.25, 0.3) is 0 Å². The molecule has 0 saturated carbocycles. The number of piperazine rings is 1. The third kappa shape index (κ3) is 3.55. The van der Waals surface area contributed by atoms with E-state index >= 15 is 0 Å². The number of hydrazine groups is 1. The molecule has 0 spiro atoms. The maximum Gasteiger partial charge on any atom is 0.265 e. The van der Waals surface area contributed by atoms with Crippen molar-refractivity contribution in [2.24, 2.45) is 5.84 Å². The predicted octanol–water partition coefficient (Wildman–Crippen LogP) is -0.0458. The first-order chi connectivity index (χ1) is 9.60. The van der Waals surface area contributed by atoms with Crippen LogP contribution in [0.2, 0.25) is 0 Å². The second-order valence-electron chi connectivity index (χ2n) is 4.96. The van der Waals surface area contributed by atoms with Gasteiger partial charge in [-0.2, -0.15) is 0 Å². The summed E-state index contributed by atoms with van der Waals surface area (Å²) in [5.41, 5.74) is 3.77. The molecule has 6 nitrogen and oxygen atoms in total. The number of benzene rings is 1. The van der Waals surface area contributed by atoms with E-state index in [1.807, 2.05) is 23.1 Å². The molecule has 0 unspecified atom stereocenters. The Bertz CT molecular complexity index is 496. The van der Waals surface area contributed by atoms with Gasteiger partial charge in [-0.1, -0.05) is 12.1 Å². The first-order valence-corrected chi connectivity index (χ1v) is 6.68. The van der Waals surface area contributed by atoms with Crippen molar-refractivity contribution >= 4 is 11.8 Å². The molecule has 2 rings (SSSR count). The summed E-state index contributed by atoms with van der Waals surface area (Å²) in [4.78, 5) is 26.9. The normalized spacial score (nSPS) is 16.0. The lowest BCUT2D eigenvalue weighted by atomic mass is 10.1. The van der Waals surface area contributed by atoms with Crippen LogP contribution in [0, 0.1) is 0 Å². The maximum absolute atomic E-state index is 11.5. The van der Waals surface area contributed by atoms with Crippen molar-refractivity contribution < 1.29 is 9.59 Å². The molecule has 1 aliphatic rings. The molecule has 0 aliphatic carbocycles. The average molecular weight is 276 g/mol. The van der Waals surface area contributed by atoms with Crippen LogP contribution < -0.4 is 11.3 Å². The monoisotopic (exact) mass is 276 g/mol. The molecular weight excluding hydrogens is 256 g/mol. The lowest BCUT2D eigenvalue weighted by molar-refractivity contribution is -0.130. The van der Waals surface area contributed by atoms with Crippen molar-refractivity contribution in [1.82, 2.24) is 15.2 Å². The van der Waals surface area contributed by atoms with E-state index in [1.165, 1.54) is 0 Å². The Morgan fingerprint density at radius 2 is 1.95 bits per heavy atom. The van der Waals surface area contributed by atoms with Gasteiger partial charge >= 0.3 is 0 Å². The lowest BCUT2D eigenvalue weighted by Crippen LogP contribution is -2.47. The number of nitrogens with one attached hydrogen (secondary N) is 1. The maximum atomic E-state index is 11.5. The molecule has 1 aliphatic heterocycles. The SMILES string of the molecule is CC(=O)N1CCN(Cc2cccc(C(=O)NN)c2)CC1. The van der Waals surface area contributed by atoms with Crippen molar-refractivity contribution in [1.29, 1.82) is 0 Å². The van der Waals surface area contributed by atoms with Crippen LogP contribution in [-0.2, 0) is 11.3 Å². The largest absolute Gasteiger partial charge is 0.340 e. The van der Waals surface area contributed by atoms with Crippen molar-refractivity contribution in [3.05, 3.63) is 35.4 Å². The van der Waals surface area contributed by atoms with Gasteiger partial charge in [0.15, 0.2) is 0 Å². The smallest absolute Gasteiger partial charge is 0.265 e. The second-order valence-corrected chi connectivity index (χ2v) is 4.96. The van der Waals surface area contributed by atoms with Gasteiger partial charge in [-0.3, -0.25) is 19.9 Å². The summed E-state index contributed by atoms with van der Waals surface area (Å²) < 4.78 is 0. The minimum absolute atomic E-state index is 0.131. The van der Waals surface area contributed by atoms with Gasteiger partial charge in [0.05, 0.1) is 0 Å². The third-order valence-electron chi connectivity index (χ3n) is 3.54. The van der Waals surface area contributed by atoms with Gasteiger partial charge in [-0.15, -0.1) is 0 Å². The van der Waals surface area contributed by atoms with E-state index in [-0.39, 0.29) is 11.8 Å². The van der Waals surface area contributed by atoms with E-state index < -0.39 is 0 Å². The molecule has 0 atom stereocenters. The molecule has 20 heavy (non-hydrogen) atoms. The van der Waals surface area contributed by atoms with Crippen LogP contribution in [0.4, 0.5) is 0 Å². The fraction of sp³-hybridized carbons (Fsp3) is 0.429. The molecule has 1 heterocycles. The van der Waals surface area contributed by atoms with E-state index in [2.05, 4.69) is 10.3 Å². The predicted molar refractivity (Wildman–Crippen MR) is 75.6 cm³/mol. The zero-order valence-corrected chi connectivity index (χ0v) is 11.6. The molecule has 0 radical (unpaired) electrons. The highest BCUT2D eigenvalue weighted by Gasteiger charge is 2.18. The first kappa shape index (κ1) is 14.5. The van der Waals surface area contributed by atoms with Crippen LogP contribution in [-0.4, -0.2) is 47.8 Å². The molecule has 1 fully saturated rings. The van der Waals surface area contributed by atoms with Crippen LogP contribution in [0.3, 0.4) is 0 Å². The van der Waals surface area contributed by atoms with Gasteiger partial charge < -0.3 is 4.90 Å². The molecule has 108 valence electrons. The highest BCUT2D eigenvalue weighted by molar-refractivity contribution is 5.93. The highest BCUT2D eigenvalue weighted by atomic mass is 16.2. The van der Waals surface area contributed by atoms with Gasteiger partial charge in [0, 0.05) is 45.2 Å². The first-order valence-electron chi connectivity index (χ1n) is 6.68. The van der Waals surface area contributed by atoms with Crippen LogP contribution in [0.5, 0.6) is 0 Å². The summed E-state index contributed by atoms with van der Waals surface area (Å²) in [6.07, 6.45) is 0. The standard InChI is InChI=1S/C14H20N4O2/c1-11(19)18-7-5-17(6-8-18)10-12-3-2-4-13(9-12)14(20)16-15/h2-4,9H,5-8,10,15H2,1H3,(H,16,20). The number of nitrogen functional groups attached to an aromatic ring is 1. The minimum Gasteiger partial charge on any atom is -0.340 e. The number of nitrogens with two attached hydrogens (primary N) is 1. The molecule has 1 saturated heterocycles. The number of nitrogens with zero attached hydrogens (tertiary/aromatic N) is 2. The summed E-state index contributed by atoms with van der Waals surface area (Å²) in [5, 5.41) is 0. The Morgan fingerprint density at radius 3 is 2.55 bits per heavy atom. The molecule has 6 heteroatoms. The third-order valence-corrected chi connectivity index (χ3v) is 3.54. The zero-order chi connectivity index (χ0) is 14.5. The molecule has 0 aromatic heterocycles. The molecule has 1 aromatic rings. The fourth-order valence-electron chi connectivity index (χ4n) is 2.37. The van der Waals surface area contributed by atoms with Gasteiger partial charge in [-0.25, -0.2) is 5.84 Å². The second kappa shape index (κ2) is 6.49. The van der Waals surface area contributed by atoms with E-state index in [0.717, 1.165) is 38.3 Å². The number of rotatable bonds is 3. The zero-order valence-electron chi connectivity index (χ0n) is 11.6. The topological polar surface area (TPSA) is 78.7 Å². The Balaban J connectivity index is 1.94. The summed E-state index contributed by atoms with van der Waals surface area (Å²) >= 11 is 0. The summed E-state index contributed by atoms with van der Waals surface area (Å²) in [7, 11) is 0. The number of carbonyl (C=O) groups excluding carboxylic acids is 2. The molecule has 0 bridgehead atoms. The average Bonchev–Trinajstić information content (AvgIpc) is 2.47. The van der Waals surface area contributed by atoms with E-state index in [0.29, 0.717) is 5.56 Å². The van der Waals surface area contributed by atoms with Crippen LogP contribution in [0.15, 0.2) is 24.3 Å². The Hall–Kier alpha value is -1.92. The van der Waals surface area contributed by atoms with Crippen molar-refractivity contribution in [3.8, 4) is 0 Å². The van der Waals surface area contributed by atoms with Crippen LogP contribution >= 0.6 is 0 Å². The van der Waals surface area contributed by atoms with Gasteiger partial charge in [-0.05, 0) is 17.7 Å². The van der Waals surface area contributed by atoms with Crippen molar-refractivity contribution in [3.63, 3.8) is 0 Å². The number of hydrogen-bond donors (Lipinski definition) is 2. The number of carbonyl (C=O) groups is 2. The molecule has 2 amide bonds. The molecule has 1 aromatic carbocycles. The summed E-state index contributed by atoms with van der Waals surface area (Å²) in [6, 6.07) is 7.43. The van der Waals surface area contributed by atoms with Gasteiger partial charge in [0.2, 0.25) is 5.91 Å². The Kier molecular flexibility index (Phi) is 4.70. The quantitative estimate of drug-likeness (QED) is 0.461. The fourth-order valence-corrected chi connectivity index (χ4v) is 2.37. The van der Waals surface area contributed by atoms with Crippen molar-refractivity contribution in [2.75, 3.05) is 26.2 Å².